The van der Waals surface area contributed by atoms with Crippen LogP contribution in [0.25, 0.3) is 0 Å². The number of rotatable bonds is 8. The molecule has 0 saturated heterocycles. The standard InChI is InChI=1S/C13H24N4O2S/c1-10(2)14-8-12-9-15-17-13(12)20(18,19)16-7-6-11-4-3-5-11/h9-11,14,16H,3-8H2,1-2H3,(H,15,17). The minimum atomic E-state index is -3.48. The first-order valence-corrected chi connectivity index (χ1v) is 8.72. The molecule has 1 aromatic rings. The number of aromatic nitrogens is 2. The van der Waals surface area contributed by atoms with Crippen molar-refractivity contribution in [3.63, 3.8) is 0 Å². The van der Waals surface area contributed by atoms with Gasteiger partial charge in [-0.3, -0.25) is 5.10 Å². The zero-order chi connectivity index (χ0) is 14.6. The highest BCUT2D eigenvalue weighted by atomic mass is 32.2. The SMILES string of the molecule is CC(C)NCc1cn[nH]c1S(=O)(=O)NCCC1CCC1. The van der Waals surface area contributed by atoms with Gasteiger partial charge in [0.25, 0.3) is 10.0 Å². The van der Waals surface area contributed by atoms with Crippen LogP contribution in [0.1, 0.15) is 45.1 Å². The third-order valence-electron chi connectivity index (χ3n) is 3.72. The summed E-state index contributed by atoms with van der Waals surface area (Å²) in [5.41, 5.74) is 0.676. The van der Waals surface area contributed by atoms with Crippen molar-refractivity contribution in [1.29, 1.82) is 0 Å². The van der Waals surface area contributed by atoms with E-state index in [-0.39, 0.29) is 5.03 Å². The summed E-state index contributed by atoms with van der Waals surface area (Å²) in [4.78, 5) is 0. The van der Waals surface area contributed by atoms with Crippen LogP contribution in [0.5, 0.6) is 0 Å². The Labute approximate surface area is 120 Å². The number of hydrogen-bond acceptors (Lipinski definition) is 4. The lowest BCUT2D eigenvalue weighted by Crippen LogP contribution is -2.29. The summed E-state index contributed by atoms with van der Waals surface area (Å²) in [7, 11) is -3.48. The van der Waals surface area contributed by atoms with E-state index in [1.165, 1.54) is 19.3 Å². The quantitative estimate of drug-likeness (QED) is 0.677. The normalized spacial score (nSPS) is 16.6. The Morgan fingerprint density at radius 1 is 1.45 bits per heavy atom. The molecule has 6 nitrogen and oxygen atoms in total. The zero-order valence-electron chi connectivity index (χ0n) is 12.1. The monoisotopic (exact) mass is 300 g/mol. The lowest BCUT2D eigenvalue weighted by molar-refractivity contribution is 0.297. The third kappa shape index (κ3) is 4.04. The van der Waals surface area contributed by atoms with Crippen LogP contribution in [0.15, 0.2) is 11.2 Å². The minimum Gasteiger partial charge on any atom is -0.310 e. The Kier molecular flexibility index (Phi) is 5.17. The maximum atomic E-state index is 12.2. The highest BCUT2D eigenvalue weighted by Gasteiger charge is 2.22. The predicted molar refractivity (Wildman–Crippen MR) is 77.7 cm³/mol. The molecule has 1 aliphatic carbocycles. The molecule has 1 aliphatic rings. The lowest BCUT2D eigenvalue weighted by atomic mass is 9.83. The molecule has 1 heterocycles. The van der Waals surface area contributed by atoms with E-state index in [1.807, 2.05) is 13.8 Å². The Balaban J connectivity index is 1.92. The smallest absolute Gasteiger partial charge is 0.257 e. The van der Waals surface area contributed by atoms with Crippen molar-refractivity contribution in [3.05, 3.63) is 11.8 Å². The molecule has 114 valence electrons. The van der Waals surface area contributed by atoms with E-state index in [9.17, 15) is 8.42 Å². The van der Waals surface area contributed by atoms with Crippen molar-refractivity contribution in [1.82, 2.24) is 20.2 Å². The number of aromatic amines is 1. The third-order valence-corrected chi connectivity index (χ3v) is 5.19. The molecular weight excluding hydrogens is 276 g/mol. The Morgan fingerprint density at radius 3 is 2.80 bits per heavy atom. The Bertz CT molecular complexity index is 520. The molecule has 0 unspecified atom stereocenters. The summed E-state index contributed by atoms with van der Waals surface area (Å²) in [5.74, 6) is 0.696. The van der Waals surface area contributed by atoms with Crippen molar-refractivity contribution < 1.29 is 8.42 Å². The van der Waals surface area contributed by atoms with Crippen molar-refractivity contribution in [2.24, 2.45) is 5.92 Å². The molecule has 1 saturated carbocycles. The van der Waals surface area contributed by atoms with E-state index in [1.54, 1.807) is 6.20 Å². The van der Waals surface area contributed by atoms with E-state index >= 15 is 0 Å². The topological polar surface area (TPSA) is 86.9 Å². The molecule has 0 radical (unpaired) electrons. The summed E-state index contributed by atoms with van der Waals surface area (Å²) >= 11 is 0. The fraction of sp³-hybridized carbons (Fsp3) is 0.769. The summed E-state index contributed by atoms with van der Waals surface area (Å²) in [6.07, 6.45) is 6.23. The van der Waals surface area contributed by atoms with Gasteiger partial charge in [-0.05, 0) is 12.3 Å². The maximum Gasteiger partial charge on any atom is 0.257 e. The number of hydrogen-bond donors (Lipinski definition) is 3. The Hall–Kier alpha value is -0.920. The molecule has 0 atom stereocenters. The molecule has 0 bridgehead atoms. The first-order valence-electron chi connectivity index (χ1n) is 7.24. The van der Waals surface area contributed by atoms with E-state index in [4.69, 9.17) is 0 Å². The van der Waals surface area contributed by atoms with Gasteiger partial charge < -0.3 is 5.32 Å². The van der Waals surface area contributed by atoms with Gasteiger partial charge in [-0.1, -0.05) is 33.1 Å². The zero-order valence-corrected chi connectivity index (χ0v) is 13.0. The molecule has 0 aromatic carbocycles. The van der Waals surface area contributed by atoms with Crippen LogP contribution in [0.3, 0.4) is 0 Å². The molecule has 20 heavy (non-hydrogen) atoms. The fourth-order valence-corrected chi connectivity index (χ4v) is 3.40. The fourth-order valence-electron chi connectivity index (χ4n) is 2.22. The highest BCUT2D eigenvalue weighted by Crippen LogP contribution is 2.28. The van der Waals surface area contributed by atoms with Gasteiger partial charge in [-0.2, -0.15) is 5.10 Å². The second-order valence-corrected chi connectivity index (χ2v) is 7.45. The van der Waals surface area contributed by atoms with Gasteiger partial charge in [0.05, 0.1) is 6.20 Å². The molecule has 0 amide bonds. The van der Waals surface area contributed by atoms with Crippen molar-refractivity contribution >= 4 is 10.0 Å². The van der Waals surface area contributed by atoms with E-state index < -0.39 is 10.0 Å². The molecule has 2 rings (SSSR count). The number of nitrogens with one attached hydrogen (secondary N) is 3. The molecule has 1 fully saturated rings. The van der Waals surface area contributed by atoms with Gasteiger partial charge in [0.1, 0.15) is 0 Å². The van der Waals surface area contributed by atoms with Crippen LogP contribution < -0.4 is 10.0 Å². The summed E-state index contributed by atoms with van der Waals surface area (Å²) in [5, 5.41) is 9.83. The number of nitrogens with zero attached hydrogens (tertiary/aromatic N) is 1. The molecule has 7 heteroatoms. The van der Waals surface area contributed by atoms with Crippen LogP contribution >= 0.6 is 0 Å². The van der Waals surface area contributed by atoms with Gasteiger partial charge in [-0.15, -0.1) is 0 Å². The van der Waals surface area contributed by atoms with Crippen molar-refractivity contribution in [3.8, 4) is 0 Å². The molecule has 0 spiro atoms. The van der Waals surface area contributed by atoms with Gasteiger partial charge in [0.15, 0.2) is 5.03 Å². The molecule has 0 aliphatic heterocycles. The van der Waals surface area contributed by atoms with Gasteiger partial charge in [0.2, 0.25) is 0 Å². The van der Waals surface area contributed by atoms with E-state index in [2.05, 4.69) is 20.2 Å². The van der Waals surface area contributed by atoms with Crippen molar-refractivity contribution in [2.75, 3.05) is 6.54 Å². The van der Waals surface area contributed by atoms with Gasteiger partial charge in [-0.25, -0.2) is 13.1 Å². The number of H-pyrrole nitrogens is 1. The minimum absolute atomic E-state index is 0.180. The molecule has 3 N–H and O–H groups in total. The highest BCUT2D eigenvalue weighted by molar-refractivity contribution is 7.89. The molecular formula is C13H24N4O2S. The molecule has 1 aromatic heterocycles. The average molecular weight is 300 g/mol. The van der Waals surface area contributed by atoms with E-state index in [0.717, 1.165) is 6.42 Å². The predicted octanol–water partition coefficient (Wildman–Crippen LogP) is 1.38. The second kappa shape index (κ2) is 6.69. The Morgan fingerprint density at radius 2 is 2.20 bits per heavy atom. The van der Waals surface area contributed by atoms with E-state index in [0.29, 0.717) is 30.6 Å². The largest absolute Gasteiger partial charge is 0.310 e. The lowest BCUT2D eigenvalue weighted by Gasteiger charge is -2.25. The van der Waals surface area contributed by atoms with Gasteiger partial charge >= 0.3 is 0 Å². The summed E-state index contributed by atoms with van der Waals surface area (Å²) in [6.45, 7) is 5.03. The number of sulfonamides is 1. The van der Waals surface area contributed by atoms with Gasteiger partial charge in [0, 0.05) is 24.7 Å². The summed E-state index contributed by atoms with van der Waals surface area (Å²) < 4.78 is 27.1. The van der Waals surface area contributed by atoms with Crippen LogP contribution in [-0.2, 0) is 16.6 Å². The van der Waals surface area contributed by atoms with Crippen LogP contribution in [0, 0.1) is 5.92 Å². The first kappa shape index (κ1) is 15.5. The van der Waals surface area contributed by atoms with Crippen LogP contribution in [0.4, 0.5) is 0 Å². The average Bonchev–Trinajstić information content (AvgIpc) is 2.78. The first-order chi connectivity index (χ1) is 9.49. The summed E-state index contributed by atoms with van der Waals surface area (Å²) in [6, 6.07) is 0.298. The maximum absolute atomic E-state index is 12.2. The van der Waals surface area contributed by atoms with Crippen LogP contribution in [-0.4, -0.2) is 31.2 Å². The van der Waals surface area contributed by atoms with Crippen molar-refractivity contribution in [2.45, 2.75) is 57.1 Å². The second-order valence-electron chi connectivity index (χ2n) is 5.74. The van der Waals surface area contributed by atoms with Crippen LogP contribution in [0.2, 0.25) is 0 Å².